The summed E-state index contributed by atoms with van der Waals surface area (Å²) >= 11 is 0. The van der Waals surface area contributed by atoms with E-state index in [9.17, 15) is 4.79 Å². The van der Waals surface area contributed by atoms with Crippen molar-refractivity contribution in [2.24, 2.45) is 11.7 Å². The molecule has 1 amide bonds. The molecule has 3 nitrogen and oxygen atoms in total. The fourth-order valence-electron chi connectivity index (χ4n) is 1.14. The maximum absolute atomic E-state index is 10.9. The van der Waals surface area contributed by atoms with Crippen molar-refractivity contribution < 1.29 is 4.79 Å². The number of amides is 1. The molecule has 0 radical (unpaired) electrons. The van der Waals surface area contributed by atoms with Gasteiger partial charge in [-0.2, -0.15) is 0 Å². The van der Waals surface area contributed by atoms with Crippen LogP contribution in [0.5, 0.6) is 0 Å². The molecule has 0 fully saturated rings. The van der Waals surface area contributed by atoms with Gasteiger partial charge in [-0.25, -0.2) is 0 Å². The number of hydrogen-bond donors (Lipinski definition) is 2. The van der Waals surface area contributed by atoms with Crippen LogP contribution >= 0.6 is 0 Å². The lowest BCUT2D eigenvalue weighted by atomic mass is 10.0. The van der Waals surface area contributed by atoms with Crippen molar-refractivity contribution in [3.63, 3.8) is 0 Å². The Morgan fingerprint density at radius 2 is 1.83 bits per heavy atom. The molecule has 0 rings (SSSR count). The highest BCUT2D eigenvalue weighted by Gasteiger charge is 2.16. The van der Waals surface area contributed by atoms with Gasteiger partial charge in [-0.3, -0.25) is 4.79 Å². The van der Waals surface area contributed by atoms with Crippen LogP contribution in [0.25, 0.3) is 0 Å². The summed E-state index contributed by atoms with van der Waals surface area (Å²) in [4.78, 5) is 10.9. The number of carbonyl (C=O) groups is 1. The first-order valence-electron chi connectivity index (χ1n) is 4.48. The molecule has 0 saturated carbocycles. The third kappa shape index (κ3) is 5.13. The molecule has 1 atom stereocenters. The van der Waals surface area contributed by atoms with Gasteiger partial charge in [-0.15, -0.1) is 0 Å². The average molecular weight is 172 g/mol. The van der Waals surface area contributed by atoms with Gasteiger partial charge in [0.05, 0.1) is 6.04 Å². The summed E-state index contributed by atoms with van der Waals surface area (Å²) < 4.78 is 0. The highest BCUT2D eigenvalue weighted by molar-refractivity contribution is 5.79. The number of hydrogen-bond acceptors (Lipinski definition) is 2. The SMILES string of the molecule is CC(C)CC(NC(C)C)C(N)=O. The third-order valence-electron chi connectivity index (χ3n) is 1.59. The molecular formula is C9H20N2O. The zero-order valence-corrected chi connectivity index (χ0v) is 8.42. The summed E-state index contributed by atoms with van der Waals surface area (Å²) in [6.45, 7) is 8.18. The van der Waals surface area contributed by atoms with E-state index in [4.69, 9.17) is 5.73 Å². The lowest BCUT2D eigenvalue weighted by Gasteiger charge is -2.19. The van der Waals surface area contributed by atoms with Crippen molar-refractivity contribution in [2.45, 2.75) is 46.2 Å². The van der Waals surface area contributed by atoms with Gasteiger partial charge in [0, 0.05) is 6.04 Å². The molecule has 0 bridgehead atoms. The molecule has 0 aromatic carbocycles. The second-order valence-electron chi connectivity index (χ2n) is 3.91. The minimum atomic E-state index is -0.252. The van der Waals surface area contributed by atoms with Gasteiger partial charge in [0.1, 0.15) is 0 Å². The van der Waals surface area contributed by atoms with E-state index in [0.29, 0.717) is 12.0 Å². The first-order chi connectivity index (χ1) is 5.43. The quantitative estimate of drug-likeness (QED) is 0.647. The second-order valence-corrected chi connectivity index (χ2v) is 3.91. The molecule has 12 heavy (non-hydrogen) atoms. The van der Waals surface area contributed by atoms with Gasteiger partial charge in [-0.1, -0.05) is 27.7 Å². The molecule has 0 aliphatic carbocycles. The van der Waals surface area contributed by atoms with Gasteiger partial charge in [0.25, 0.3) is 0 Å². The highest BCUT2D eigenvalue weighted by Crippen LogP contribution is 2.04. The van der Waals surface area contributed by atoms with Crippen LogP contribution in [0, 0.1) is 5.92 Å². The van der Waals surface area contributed by atoms with Crippen LogP contribution in [0.2, 0.25) is 0 Å². The Morgan fingerprint density at radius 3 is 2.08 bits per heavy atom. The van der Waals surface area contributed by atoms with E-state index in [1.54, 1.807) is 0 Å². The smallest absolute Gasteiger partial charge is 0.234 e. The summed E-state index contributed by atoms with van der Waals surface area (Å²) in [5.74, 6) is 0.242. The van der Waals surface area contributed by atoms with Crippen LogP contribution < -0.4 is 11.1 Å². The monoisotopic (exact) mass is 172 g/mol. The maximum Gasteiger partial charge on any atom is 0.234 e. The first kappa shape index (κ1) is 11.4. The second kappa shape index (κ2) is 5.14. The van der Waals surface area contributed by atoms with Crippen LogP contribution in [-0.4, -0.2) is 18.0 Å². The van der Waals surface area contributed by atoms with Crippen LogP contribution in [0.4, 0.5) is 0 Å². The lowest BCUT2D eigenvalue weighted by molar-refractivity contribution is -0.120. The van der Waals surface area contributed by atoms with Gasteiger partial charge in [0.2, 0.25) is 5.91 Å². The van der Waals surface area contributed by atoms with E-state index in [1.807, 2.05) is 13.8 Å². The fraction of sp³-hybridized carbons (Fsp3) is 0.889. The predicted octanol–water partition coefficient (Wildman–Crippen LogP) is 0.884. The molecule has 0 heterocycles. The lowest BCUT2D eigenvalue weighted by Crippen LogP contribution is -2.45. The number of nitrogens with one attached hydrogen (secondary N) is 1. The van der Waals surface area contributed by atoms with Gasteiger partial charge < -0.3 is 11.1 Å². The number of carbonyl (C=O) groups excluding carboxylic acids is 1. The van der Waals surface area contributed by atoms with Crippen molar-refractivity contribution in [1.82, 2.24) is 5.32 Å². The summed E-state index contributed by atoms with van der Waals surface area (Å²) in [6.07, 6.45) is 0.813. The number of primary amides is 1. The van der Waals surface area contributed by atoms with E-state index in [1.165, 1.54) is 0 Å². The van der Waals surface area contributed by atoms with Crippen molar-refractivity contribution in [3.05, 3.63) is 0 Å². The molecule has 0 aromatic rings. The summed E-state index contributed by atoms with van der Waals surface area (Å²) in [5, 5.41) is 3.14. The Labute approximate surface area is 74.7 Å². The Morgan fingerprint density at radius 1 is 1.33 bits per heavy atom. The standard InChI is InChI=1S/C9H20N2O/c1-6(2)5-8(9(10)12)11-7(3)4/h6-8,11H,5H2,1-4H3,(H2,10,12). The zero-order valence-electron chi connectivity index (χ0n) is 8.42. The van der Waals surface area contributed by atoms with Crippen molar-refractivity contribution >= 4 is 5.91 Å². The van der Waals surface area contributed by atoms with Crippen molar-refractivity contribution in [1.29, 1.82) is 0 Å². The van der Waals surface area contributed by atoms with E-state index < -0.39 is 0 Å². The largest absolute Gasteiger partial charge is 0.368 e. The van der Waals surface area contributed by atoms with E-state index in [2.05, 4.69) is 19.2 Å². The molecule has 0 aliphatic heterocycles. The van der Waals surface area contributed by atoms with E-state index in [0.717, 1.165) is 6.42 Å². The van der Waals surface area contributed by atoms with E-state index in [-0.39, 0.29) is 11.9 Å². The third-order valence-corrected chi connectivity index (χ3v) is 1.59. The Bertz CT molecular complexity index is 133. The molecule has 0 aromatic heterocycles. The fourth-order valence-corrected chi connectivity index (χ4v) is 1.14. The summed E-state index contributed by atoms with van der Waals surface area (Å²) in [7, 11) is 0. The molecule has 0 spiro atoms. The minimum Gasteiger partial charge on any atom is -0.368 e. The maximum atomic E-state index is 10.9. The van der Waals surface area contributed by atoms with Crippen LogP contribution in [0.1, 0.15) is 34.1 Å². The molecule has 72 valence electrons. The van der Waals surface area contributed by atoms with Gasteiger partial charge in [-0.05, 0) is 12.3 Å². The highest BCUT2D eigenvalue weighted by atomic mass is 16.1. The molecule has 0 saturated heterocycles. The topological polar surface area (TPSA) is 55.1 Å². The first-order valence-corrected chi connectivity index (χ1v) is 4.48. The molecule has 3 heteroatoms. The minimum absolute atomic E-state index is 0.176. The molecule has 3 N–H and O–H groups in total. The average Bonchev–Trinajstić information content (AvgIpc) is 1.83. The Balaban J connectivity index is 3.96. The number of nitrogens with two attached hydrogens (primary N) is 1. The Hall–Kier alpha value is -0.570. The summed E-state index contributed by atoms with van der Waals surface area (Å²) in [6, 6.07) is 0.131. The predicted molar refractivity (Wildman–Crippen MR) is 50.7 cm³/mol. The Kier molecular flexibility index (Phi) is 4.90. The van der Waals surface area contributed by atoms with Gasteiger partial charge in [0.15, 0.2) is 0 Å². The van der Waals surface area contributed by atoms with Crippen LogP contribution in [0.3, 0.4) is 0 Å². The van der Waals surface area contributed by atoms with E-state index >= 15 is 0 Å². The van der Waals surface area contributed by atoms with Crippen molar-refractivity contribution in [2.75, 3.05) is 0 Å². The molecule has 1 unspecified atom stereocenters. The van der Waals surface area contributed by atoms with Gasteiger partial charge >= 0.3 is 0 Å². The van der Waals surface area contributed by atoms with Crippen LogP contribution in [0.15, 0.2) is 0 Å². The van der Waals surface area contributed by atoms with Crippen molar-refractivity contribution in [3.8, 4) is 0 Å². The normalized spacial score (nSPS) is 13.8. The molecule has 0 aliphatic rings. The zero-order chi connectivity index (χ0) is 9.72. The number of rotatable bonds is 5. The van der Waals surface area contributed by atoms with Crippen LogP contribution in [-0.2, 0) is 4.79 Å². The molecular weight excluding hydrogens is 152 g/mol. The summed E-state index contributed by atoms with van der Waals surface area (Å²) in [5.41, 5.74) is 5.23.